The Balaban J connectivity index is 2.11. The first-order valence-corrected chi connectivity index (χ1v) is 9.50. The molecule has 3 N–H and O–H groups in total. The molecule has 10 heteroatoms. The van der Waals surface area contributed by atoms with Crippen molar-refractivity contribution >= 4 is 34.7 Å². The van der Waals surface area contributed by atoms with E-state index >= 15 is 0 Å². The number of aryl methyl sites for hydroxylation is 1. The van der Waals surface area contributed by atoms with Crippen LogP contribution in [-0.2, 0) is 11.8 Å². The van der Waals surface area contributed by atoms with Gasteiger partial charge in [-0.1, -0.05) is 11.8 Å². The smallest absolute Gasteiger partial charge is 0.415 e. The van der Waals surface area contributed by atoms with E-state index in [1.165, 1.54) is 24.3 Å². The zero-order valence-electron chi connectivity index (χ0n) is 18.2. The van der Waals surface area contributed by atoms with Crippen LogP contribution < -0.4 is 10.6 Å². The van der Waals surface area contributed by atoms with Crippen LogP contribution in [0.3, 0.4) is 0 Å². The minimum absolute atomic E-state index is 0.0221. The summed E-state index contributed by atoms with van der Waals surface area (Å²) >= 11 is 0. The van der Waals surface area contributed by atoms with E-state index in [1.807, 2.05) is 0 Å². The highest BCUT2D eigenvalue weighted by atomic mass is 19.1. The molecular formula is C22H22FN5O4. The highest BCUT2D eigenvalue weighted by molar-refractivity contribution is 6.00. The van der Waals surface area contributed by atoms with E-state index in [4.69, 9.17) is 15.6 Å². The number of nitrogen functional groups attached to an aromatic ring is 1. The van der Waals surface area contributed by atoms with Crippen LogP contribution >= 0.6 is 0 Å². The molecule has 0 saturated carbocycles. The Morgan fingerprint density at radius 3 is 2.56 bits per heavy atom. The molecule has 0 fully saturated rings. The number of carboxylic acids is 1. The third kappa shape index (κ3) is 4.62. The van der Waals surface area contributed by atoms with Gasteiger partial charge in [-0.05, 0) is 39.0 Å². The number of pyridine rings is 1. The van der Waals surface area contributed by atoms with Crippen LogP contribution in [-0.4, -0.2) is 44.4 Å². The van der Waals surface area contributed by atoms with Crippen molar-refractivity contribution in [2.45, 2.75) is 26.4 Å². The molecule has 0 spiro atoms. The monoisotopic (exact) mass is 439 g/mol. The molecule has 32 heavy (non-hydrogen) atoms. The number of ether oxygens (including phenoxy) is 1. The van der Waals surface area contributed by atoms with E-state index in [9.17, 15) is 14.0 Å². The Labute approximate surface area is 183 Å². The maximum atomic E-state index is 13.8. The van der Waals surface area contributed by atoms with E-state index < -0.39 is 23.5 Å². The molecule has 0 atom stereocenters. The number of aromatic carboxylic acids is 1. The number of fused-ring (bicyclic) bond motifs is 1. The lowest BCUT2D eigenvalue weighted by atomic mass is 10.1. The van der Waals surface area contributed by atoms with Crippen LogP contribution in [0.1, 0.15) is 42.3 Å². The molecule has 166 valence electrons. The number of benzene rings is 1. The third-order valence-corrected chi connectivity index (χ3v) is 4.33. The van der Waals surface area contributed by atoms with Crippen molar-refractivity contribution in [3.8, 4) is 11.8 Å². The second-order valence-corrected chi connectivity index (χ2v) is 8.07. The molecular weight excluding hydrogens is 417 g/mol. The van der Waals surface area contributed by atoms with Gasteiger partial charge >= 0.3 is 12.1 Å². The fraction of sp³-hybridized carbons (Fsp3) is 0.273. The summed E-state index contributed by atoms with van der Waals surface area (Å²) in [6, 6.07) is 3.28. The summed E-state index contributed by atoms with van der Waals surface area (Å²) in [4.78, 5) is 33.5. The van der Waals surface area contributed by atoms with Crippen LogP contribution in [0.25, 0.3) is 11.0 Å². The SMILES string of the molecule is CN(C(=O)OC(C)(C)C)c1nc(N)c(C#Cc2cc(F)cc(C(=O)O)c2)c2c1ncn2C. The van der Waals surface area contributed by atoms with Crippen molar-refractivity contribution in [3.63, 3.8) is 0 Å². The maximum absolute atomic E-state index is 13.8. The molecule has 0 aliphatic carbocycles. The number of carboxylic acid groups (broad SMARTS) is 1. The summed E-state index contributed by atoms with van der Waals surface area (Å²) in [6.07, 6.45) is 0.893. The second-order valence-electron chi connectivity index (χ2n) is 8.07. The zero-order valence-corrected chi connectivity index (χ0v) is 18.2. The lowest BCUT2D eigenvalue weighted by molar-refractivity contribution is 0.0587. The van der Waals surface area contributed by atoms with E-state index in [0.717, 1.165) is 12.1 Å². The van der Waals surface area contributed by atoms with Crippen molar-refractivity contribution in [3.05, 3.63) is 47.0 Å². The topological polar surface area (TPSA) is 124 Å². The molecule has 0 bridgehead atoms. The van der Waals surface area contributed by atoms with Gasteiger partial charge in [0.25, 0.3) is 0 Å². The minimum Gasteiger partial charge on any atom is -0.478 e. The lowest BCUT2D eigenvalue weighted by Crippen LogP contribution is -2.34. The number of hydrogen-bond acceptors (Lipinski definition) is 6. The van der Waals surface area contributed by atoms with Crippen LogP contribution in [0.4, 0.5) is 20.8 Å². The number of nitrogens with zero attached hydrogens (tertiary/aromatic N) is 4. The van der Waals surface area contributed by atoms with Crippen molar-refractivity contribution in [1.82, 2.24) is 14.5 Å². The summed E-state index contributed by atoms with van der Waals surface area (Å²) in [5.41, 5.74) is 6.56. The summed E-state index contributed by atoms with van der Waals surface area (Å²) < 4.78 is 20.8. The summed E-state index contributed by atoms with van der Waals surface area (Å²) in [5.74, 6) is 3.79. The molecule has 3 aromatic rings. The lowest BCUT2D eigenvalue weighted by Gasteiger charge is -2.24. The minimum atomic E-state index is -1.27. The maximum Gasteiger partial charge on any atom is 0.415 e. The number of carbonyl (C=O) groups excluding carboxylic acids is 1. The molecule has 0 aliphatic rings. The first-order valence-electron chi connectivity index (χ1n) is 9.50. The first kappa shape index (κ1) is 22.6. The number of aromatic nitrogens is 3. The Hall–Kier alpha value is -4.13. The predicted octanol–water partition coefficient (Wildman–Crippen LogP) is 3.16. The number of rotatable bonds is 2. The molecule has 1 amide bonds. The van der Waals surface area contributed by atoms with Gasteiger partial charge in [0.1, 0.15) is 22.8 Å². The van der Waals surface area contributed by atoms with Crippen molar-refractivity contribution in [2.75, 3.05) is 17.7 Å². The van der Waals surface area contributed by atoms with E-state index in [0.29, 0.717) is 16.6 Å². The van der Waals surface area contributed by atoms with Crippen LogP contribution in [0, 0.1) is 17.7 Å². The molecule has 2 heterocycles. The van der Waals surface area contributed by atoms with E-state index in [1.54, 1.807) is 32.4 Å². The Morgan fingerprint density at radius 1 is 1.25 bits per heavy atom. The standard InChI is InChI=1S/C22H22FN5O4/c1-22(2,3)32-21(31)28(5)19-16-17(27(4)11-25-16)15(18(24)26-19)7-6-12-8-13(20(29)30)10-14(23)9-12/h8-11H,1-5H3,(H2,24,26)(H,29,30). The molecule has 0 radical (unpaired) electrons. The van der Waals surface area contributed by atoms with Gasteiger partial charge in [0.2, 0.25) is 0 Å². The number of imidazole rings is 1. The van der Waals surface area contributed by atoms with Crippen molar-refractivity contribution in [2.24, 2.45) is 7.05 Å². The molecule has 3 rings (SSSR count). The van der Waals surface area contributed by atoms with E-state index in [-0.39, 0.29) is 22.8 Å². The molecule has 0 aliphatic heterocycles. The average Bonchev–Trinajstić information content (AvgIpc) is 3.06. The van der Waals surface area contributed by atoms with Gasteiger partial charge in [-0.2, -0.15) is 0 Å². The predicted molar refractivity (Wildman–Crippen MR) is 117 cm³/mol. The average molecular weight is 439 g/mol. The third-order valence-electron chi connectivity index (χ3n) is 4.33. The summed E-state index contributed by atoms with van der Waals surface area (Å²) in [7, 11) is 3.22. The highest BCUT2D eigenvalue weighted by Gasteiger charge is 2.25. The zero-order chi connectivity index (χ0) is 23.8. The Bertz CT molecular complexity index is 1300. The Morgan fingerprint density at radius 2 is 1.94 bits per heavy atom. The number of anilines is 2. The van der Waals surface area contributed by atoms with Gasteiger partial charge in [0, 0.05) is 19.7 Å². The van der Waals surface area contributed by atoms with Crippen molar-refractivity contribution < 1.29 is 23.8 Å². The normalized spacial score (nSPS) is 11.1. The quantitative estimate of drug-likeness (QED) is 0.588. The van der Waals surface area contributed by atoms with Gasteiger partial charge in [-0.3, -0.25) is 4.90 Å². The van der Waals surface area contributed by atoms with Gasteiger partial charge in [-0.25, -0.2) is 23.9 Å². The summed E-state index contributed by atoms with van der Waals surface area (Å²) in [5, 5.41) is 9.11. The summed E-state index contributed by atoms with van der Waals surface area (Å²) in [6.45, 7) is 5.24. The van der Waals surface area contributed by atoms with Crippen LogP contribution in [0.5, 0.6) is 0 Å². The number of amides is 1. The van der Waals surface area contributed by atoms with Crippen LogP contribution in [0.15, 0.2) is 24.5 Å². The Kier molecular flexibility index (Phi) is 5.77. The molecule has 9 nitrogen and oxygen atoms in total. The first-order chi connectivity index (χ1) is 14.9. The fourth-order valence-electron chi connectivity index (χ4n) is 2.93. The van der Waals surface area contributed by atoms with E-state index in [2.05, 4.69) is 21.8 Å². The van der Waals surface area contributed by atoms with Gasteiger partial charge in [0.05, 0.1) is 23.0 Å². The van der Waals surface area contributed by atoms with Crippen LogP contribution in [0.2, 0.25) is 0 Å². The van der Waals surface area contributed by atoms with Crippen molar-refractivity contribution in [1.29, 1.82) is 0 Å². The van der Waals surface area contributed by atoms with Gasteiger partial charge in [-0.15, -0.1) is 0 Å². The molecule has 2 aromatic heterocycles. The fourth-order valence-corrected chi connectivity index (χ4v) is 2.93. The largest absolute Gasteiger partial charge is 0.478 e. The molecule has 1 aromatic carbocycles. The number of hydrogen-bond donors (Lipinski definition) is 2. The number of nitrogens with two attached hydrogens (primary N) is 1. The van der Waals surface area contributed by atoms with Gasteiger partial charge < -0.3 is 20.1 Å². The molecule has 0 saturated heterocycles. The molecule has 0 unspecified atom stereocenters. The second kappa shape index (κ2) is 8.19. The number of carbonyl (C=O) groups is 2. The van der Waals surface area contributed by atoms with Gasteiger partial charge in [0.15, 0.2) is 5.82 Å². The number of halogens is 1. The highest BCUT2D eigenvalue weighted by Crippen LogP contribution is 2.29.